The second-order valence-corrected chi connectivity index (χ2v) is 10.3. The molecule has 0 aliphatic carbocycles. The van der Waals surface area contributed by atoms with E-state index in [2.05, 4.69) is 22.8 Å². The first-order valence-corrected chi connectivity index (χ1v) is 13.6. The van der Waals surface area contributed by atoms with Crippen LogP contribution in [-0.2, 0) is 0 Å². The first-order chi connectivity index (χ1) is 18.1. The van der Waals surface area contributed by atoms with E-state index in [9.17, 15) is 9.59 Å². The van der Waals surface area contributed by atoms with E-state index < -0.39 is 0 Å². The summed E-state index contributed by atoms with van der Waals surface area (Å²) < 4.78 is 5.89. The lowest BCUT2D eigenvalue weighted by molar-refractivity contribution is 0.0624. The van der Waals surface area contributed by atoms with Crippen molar-refractivity contribution in [2.24, 2.45) is 0 Å². The van der Waals surface area contributed by atoms with Gasteiger partial charge in [-0.1, -0.05) is 30.3 Å². The van der Waals surface area contributed by atoms with Crippen LogP contribution in [0.15, 0.2) is 66.7 Å². The molecule has 0 N–H and O–H groups in total. The summed E-state index contributed by atoms with van der Waals surface area (Å²) in [5.74, 6) is 0.970. The van der Waals surface area contributed by atoms with Crippen LogP contribution in [0.2, 0.25) is 0 Å². The van der Waals surface area contributed by atoms with Crippen molar-refractivity contribution in [3.05, 3.63) is 77.9 Å². The standard InChI is InChI=1S/C31H37N3O3/c1-24-6-4-15-33(24)16-5-21-37-29-13-11-26(12-14-29)30(35)23-32-17-19-34(20-18-32)31(36)28-10-9-25-7-2-3-8-27(25)22-28/h2-3,7-14,22,24H,4-6,15-21,23H2,1H3. The van der Waals surface area contributed by atoms with Gasteiger partial charge in [-0.05, 0) is 79.9 Å². The predicted octanol–water partition coefficient (Wildman–Crippen LogP) is 4.73. The average molecular weight is 500 g/mol. The number of ketones is 1. The Bertz CT molecular complexity index is 1220. The number of fused-ring (bicyclic) bond motifs is 1. The zero-order valence-corrected chi connectivity index (χ0v) is 21.8. The second kappa shape index (κ2) is 11.9. The monoisotopic (exact) mass is 499 g/mol. The molecule has 0 radical (unpaired) electrons. The van der Waals surface area contributed by atoms with Crippen LogP contribution in [0.5, 0.6) is 5.75 Å². The van der Waals surface area contributed by atoms with Crippen LogP contribution in [0.25, 0.3) is 10.8 Å². The molecular weight excluding hydrogens is 462 g/mol. The van der Waals surface area contributed by atoms with Gasteiger partial charge in [-0.2, -0.15) is 0 Å². The highest BCUT2D eigenvalue weighted by atomic mass is 16.5. The molecule has 1 amide bonds. The van der Waals surface area contributed by atoms with E-state index in [-0.39, 0.29) is 11.7 Å². The third-order valence-corrected chi connectivity index (χ3v) is 7.75. The minimum atomic E-state index is 0.0576. The van der Waals surface area contributed by atoms with Crippen LogP contribution in [0.1, 0.15) is 46.9 Å². The van der Waals surface area contributed by atoms with E-state index in [1.807, 2.05) is 65.6 Å². The summed E-state index contributed by atoms with van der Waals surface area (Å²) in [4.78, 5) is 32.4. The highest BCUT2D eigenvalue weighted by Crippen LogP contribution is 2.19. The topological polar surface area (TPSA) is 53.1 Å². The fraction of sp³-hybridized carbons (Fsp3) is 0.419. The molecule has 3 aromatic rings. The van der Waals surface area contributed by atoms with Gasteiger partial charge in [-0.3, -0.25) is 14.5 Å². The Morgan fingerprint density at radius 2 is 1.59 bits per heavy atom. The van der Waals surface area contributed by atoms with Crippen LogP contribution in [0, 0.1) is 0 Å². The van der Waals surface area contributed by atoms with Gasteiger partial charge >= 0.3 is 0 Å². The maximum absolute atomic E-state index is 13.0. The molecule has 194 valence electrons. The van der Waals surface area contributed by atoms with E-state index in [1.165, 1.54) is 19.4 Å². The molecule has 37 heavy (non-hydrogen) atoms. The van der Waals surface area contributed by atoms with Gasteiger partial charge in [0.1, 0.15) is 5.75 Å². The Morgan fingerprint density at radius 3 is 2.32 bits per heavy atom. The molecule has 0 spiro atoms. The minimum absolute atomic E-state index is 0.0576. The molecule has 5 rings (SSSR count). The number of carbonyl (C=O) groups is 2. The van der Waals surface area contributed by atoms with Crippen LogP contribution < -0.4 is 4.74 Å². The fourth-order valence-corrected chi connectivity index (χ4v) is 5.43. The number of carbonyl (C=O) groups excluding carboxylic acids is 2. The van der Waals surface area contributed by atoms with Crippen LogP contribution in [0.4, 0.5) is 0 Å². The summed E-state index contributed by atoms with van der Waals surface area (Å²) in [5, 5.41) is 2.21. The molecule has 6 heteroatoms. The Hall–Kier alpha value is -3.22. The van der Waals surface area contributed by atoms with Crippen molar-refractivity contribution >= 4 is 22.5 Å². The molecule has 0 aromatic heterocycles. The van der Waals surface area contributed by atoms with E-state index in [4.69, 9.17) is 4.74 Å². The normalized spacial score (nSPS) is 18.8. The van der Waals surface area contributed by atoms with Crippen LogP contribution >= 0.6 is 0 Å². The lowest BCUT2D eigenvalue weighted by Crippen LogP contribution is -2.49. The Labute approximate surface area is 219 Å². The molecule has 2 fully saturated rings. The number of benzene rings is 3. The highest BCUT2D eigenvalue weighted by molar-refractivity contribution is 5.99. The quantitative estimate of drug-likeness (QED) is 0.315. The third kappa shape index (κ3) is 6.38. The molecular formula is C31H37N3O3. The van der Waals surface area contributed by atoms with Crippen molar-refractivity contribution < 1.29 is 14.3 Å². The number of amides is 1. The van der Waals surface area contributed by atoms with Crippen LogP contribution in [0.3, 0.4) is 0 Å². The fourth-order valence-electron chi connectivity index (χ4n) is 5.43. The summed E-state index contributed by atoms with van der Waals surface area (Å²) in [5.41, 5.74) is 1.42. The zero-order valence-electron chi connectivity index (χ0n) is 21.8. The Balaban J connectivity index is 1.05. The van der Waals surface area contributed by atoms with Gasteiger partial charge in [0.15, 0.2) is 5.78 Å². The summed E-state index contributed by atoms with van der Waals surface area (Å²) in [6.45, 7) is 8.29. The molecule has 2 aliphatic rings. The molecule has 3 aromatic carbocycles. The average Bonchev–Trinajstić information content (AvgIpc) is 3.35. The van der Waals surface area contributed by atoms with E-state index >= 15 is 0 Å². The number of likely N-dealkylation sites (tertiary alicyclic amines) is 1. The first kappa shape index (κ1) is 25.4. The van der Waals surface area contributed by atoms with E-state index in [1.54, 1.807) is 0 Å². The minimum Gasteiger partial charge on any atom is -0.494 e. The smallest absolute Gasteiger partial charge is 0.253 e. The number of Topliss-reactive ketones (excluding diaryl/α,β-unsaturated/α-hetero) is 1. The third-order valence-electron chi connectivity index (χ3n) is 7.75. The number of ether oxygens (including phenoxy) is 1. The number of nitrogens with zero attached hydrogens (tertiary/aromatic N) is 3. The van der Waals surface area contributed by atoms with Gasteiger partial charge in [0.25, 0.3) is 5.91 Å². The second-order valence-electron chi connectivity index (χ2n) is 10.3. The summed E-state index contributed by atoms with van der Waals surface area (Å²) in [6.07, 6.45) is 3.62. The largest absolute Gasteiger partial charge is 0.494 e. The van der Waals surface area contributed by atoms with E-state index in [0.29, 0.717) is 50.9 Å². The number of rotatable bonds is 9. The number of hydrogen-bond acceptors (Lipinski definition) is 5. The van der Waals surface area contributed by atoms with Crippen molar-refractivity contribution in [2.45, 2.75) is 32.2 Å². The van der Waals surface area contributed by atoms with Crippen molar-refractivity contribution in [1.29, 1.82) is 0 Å². The van der Waals surface area contributed by atoms with Crippen molar-refractivity contribution in [3.8, 4) is 5.75 Å². The molecule has 1 atom stereocenters. The maximum atomic E-state index is 13.0. The summed E-state index contributed by atoms with van der Waals surface area (Å²) >= 11 is 0. The number of piperazine rings is 1. The summed E-state index contributed by atoms with van der Waals surface area (Å²) in [7, 11) is 0. The van der Waals surface area contributed by atoms with Gasteiger partial charge in [0.2, 0.25) is 0 Å². The summed E-state index contributed by atoms with van der Waals surface area (Å²) in [6, 6.07) is 22.2. The van der Waals surface area contributed by atoms with E-state index in [0.717, 1.165) is 35.1 Å². The molecule has 2 aliphatic heterocycles. The van der Waals surface area contributed by atoms with Crippen molar-refractivity contribution in [3.63, 3.8) is 0 Å². The van der Waals surface area contributed by atoms with Crippen molar-refractivity contribution in [2.75, 3.05) is 52.4 Å². The predicted molar refractivity (Wildman–Crippen MR) is 147 cm³/mol. The highest BCUT2D eigenvalue weighted by Gasteiger charge is 2.24. The van der Waals surface area contributed by atoms with Crippen molar-refractivity contribution in [1.82, 2.24) is 14.7 Å². The van der Waals surface area contributed by atoms with Gasteiger partial charge in [-0.15, -0.1) is 0 Å². The maximum Gasteiger partial charge on any atom is 0.253 e. The zero-order chi connectivity index (χ0) is 25.6. The SMILES string of the molecule is CC1CCCN1CCCOc1ccc(C(=O)CN2CCN(C(=O)c3ccc4ccccc4c3)CC2)cc1. The molecule has 0 saturated carbocycles. The van der Waals surface area contributed by atoms with Crippen LogP contribution in [-0.4, -0.2) is 84.9 Å². The molecule has 6 nitrogen and oxygen atoms in total. The first-order valence-electron chi connectivity index (χ1n) is 13.6. The van der Waals surface area contributed by atoms with Gasteiger partial charge in [0.05, 0.1) is 13.2 Å². The Morgan fingerprint density at radius 1 is 0.865 bits per heavy atom. The Kier molecular flexibility index (Phi) is 8.17. The molecule has 2 heterocycles. The lowest BCUT2D eigenvalue weighted by Gasteiger charge is -2.34. The molecule has 0 bridgehead atoms. The van der Waals surface area contributed by atoms with Gasteiger partial charge < -0.3 is 14.5 Å². The molecule has 2 saturated heterocycles. The van der Waals surface area contributed by atoms with Gasteiger partial charge in [0, 0.05) is 49.9 Å². The lowest BCUT2D eigenvalue weighted by atomic mass is 10.1. The molecule has 1 unspecified atom stereocenters. The number of hydrogen-bond donors (Lipinski definition) is 0. The van der Waals surface area contributed by atoms with Gasteiger partial charge in [-0.25, -0.2) is 0 Å².